The molecule has 0 heterocycles. The van der Waals surface area contributed by atoms with Crippen LogP contribution in [0.4, 0.5) is 11.4 Å². The number of hydrogen-bond donors (Lipinski definition) is 2. The predicted molar refractivity (Wildman–Crippen MR) is 47.8 cm³/mol. The zero-order chi connectivity index (χ0) is 11.7. The van der Waals surface area contributed by atoms with Crippen molar-refractivity contribution in [2.24, 2.45) is 0 Å². The minimum Gasteiger partial charge on any atom is -0.502 e. The van der Waals surface area contributed by atoms with E-state index in [9.17, 15) is 20.2 Å². The maximum Gasteiger partial charge on any atom is 0.320 e. The lowest BCUT2D eigenvalue weighted by Gasteiger charge is -2.02. The SMILES string of the molecule is Cc1c([N+](=O)[O-])c(O)cc(O)c1[N+](=O)[O-]. The minimum atomic E-state index is -0.947. The van der Waals surface area contributed by atoms with E-state index in [1.165, 1.54) is 0 Å². The number of hydrogen-bond acceptors (Lipinski definition) is 6. The molecule has 0 saturated carbocycles. The van der Waals surface area contributed by atoms with Crippen molar-refractivity contribution in [2.45, 2.75) is 6.92 Å². The van der Waals surface area contributed by atoms with Crippen molar-refractivity contribution in [3.8, 4) is 11.5 Å². The van der Waals surface area contributed by atoms with Gasteiger partial charge in [-0.25, -0.2) is 0 Å². The Morgan fingerprint density at radius 1 is 1.07 bits per heavy atom. The monoisotopic (exact) mass is 214 g/mol. The fourth-order valence-corrected chi connectivity index (χ4v) is 1.22. The summed E-state index contributed by atoms with van der Waals surface area (Å²) >= 11 is 0. The largest absolute Gasteiger partial charge is 0.502 e. The van der Waals surface area contributed by atoms with Gasteiger partial charge in [0.2, 0.25) is 0 Å². The number of aromatic hydroxyl groups is 2. The van der Waals surface area contributed by atoms with E-state index in [0.29, 0.717) is 6.07 Å². The van der Waals surface area contributed by atoms with Gasteiger partial charge in [0.15, 0.2) is 11.5 Å². The van der Waals surface area contributed by atoms with Crippen LogP contribution in [0.5, 0.6) is 11.5 Å². The summed E-state index contributed by atoms with van der Waals surface area (Å²) in [6, 6.07) is 0.573. The highest BCUT2D eigenvalue weighted by Crippen LogP contribution is 2.41. The first-order valence-corrected chi connectivity index (χ1v) is 3.70. The van der Waals surface area contributed by atoms with E-state index in [1.807, 2.05) is 0 Å². The van der Waals surface area contributed by atoms with Crippen LogP contribution in [0.25, 0.3) is 0 Å². The standard InChI is InChI=1S/C7H6N2O6/c1-3-6(8(12)13)4(10)2-5(11)7(3)9(14)15/h2,10-11H,1H3. The zero-order valence-electron chi connectivity index (χ0n) is 7.50. The maximum absolute atomic E-state index is 10.5. The second-order valence-electron chi connectivity index (χ2n) is 2.75. The van der Waals surface area contributed by atoms with Crippen molar-refractivity contribution in [1.29, 1.82) is 0 Å². The summed E-state index contributed by atoms with van der Waals surface area (Å²) in [6.07, 6.45) is 0. The van der Waals surface area contributed by atoms with E-state index < -0.39 is 32.7 Å². The molecule has 8 heteroatoms. The van der Waals surface area contributed by atoms with Crippen molar-refractivity contribution >= 4 is 11.4 Å². The number of phenolic OH excluding ortho intramolecular Hbond substituents is 2. The second-order valence-corrected chi connectivity index (χ2v) is 2.75. The predicted octanol–water partition coefficient (Wildman–Crippen LogP) is 1.22. The van der Waals surface area contributed by atoms with Crippen molar-refractivity contribution in [3.05, 3.63) is 31.9 Å². The molecule has 1 aromatic carbocycles. The molecular weight excluding hydrogens is 208 g/mol. The van der Waals surface area contributed by atoms with Gasteiger partial charge in [0, 0.05) is 6.07 Å². The molecule has 80 valence electrons. The first-order valence-electron chi connectivity index (χ1n) is 3.70. The van der Waals surface area contributed by atoms with Crippen LogP contribution >= 0.6 is 0 Å². The molecule has 0 aliphatic rings. The van der Waals surface area contributed by atoms with Crippen molar-refractivity contribution in [1.82, 2.24) is 0 Å². The third-order valence-electron chi connectivity index (χ3n) is 1.83. The molecule has 0 saturated heterocycles. The Morgan fingerprint density at radius 3 is 1.67 bits per heavy atom. The van der Waals surface area contributed by atoms with E-state index in [-0.39, 0.29) is 5.56 Å². The quantitative estimate of drug-likeness (QED) is 0.562. The number of rotatable bonds is 2. The number of nitrogens with zero attached hydrogens (tertiary/aromatic N) is 2. The van der Waals surface area contributed by atoms with E-state index in [2.05, 4.69) is 0 Å². The molecule has 0 radical (unpaired) electrons. The molecular formula is C7H6N2O6. The van der Waals surface area contributed by atoms with Gasteiger partial charge in [-0.1, -0.05) is 0 Å². The number of phenols is 2. The van der Waals surface area contributed by atoms with Crippen molar-refractivity contribution < 1.29 is 20.1 Å². The van der Waals surface area contributed by atoms with Gasteiger partial charge in [-0.3, -0.25) is 20.2 Å². The third-order valence-corrected chi connectivity index (χ3v) is 1.83. The molecule has 1 rings (SSSR count). The molecule has 2 N–H and O–H groups in total. The molecule has 8 nitrogen and oxygen atoms in total. The summed E-state index contributed by atoms with van der Waals surface area (Å²) in [5.74, 6) is -1.61. The van der Waals surface area contributed by atoms with Crippen LogP contribution in [0.15, 0.2) is 6.07 Å². The summed E-state index contributed by atoms with van der Waals surface area (Å²) in [7, 11) is 0. The Hall–Kier alpha value is -2.38. The fourth-order valence-electron chi connectivity index (χ4n) is 1.22. The van der Waals surface area contributed by atoms with E-state index in [0.717, 1.165) is 6.92 Å². The summed E-state index contributed by atoms with van der Waals surface area (Å²) in [5.41, 5.74) is -1.94. The summed E-state index contributed by atoms with van der Waals surface area (Å²) < 4.78 is 0. The molecule has 0 bridgehead atoms. The Balaban J connectivity index is 3.64. The Bertz CT molecular complexity index is 417. The summed E-state index contributed by atoms with van der Waals surface area (Å²) in [4.78, 5) is 19.0. The lowest BCUT2D eigenvalue weighted by atomic mass is 10.1. The topological polar surface area (TPSA) is 127 Å². The van der Waals surface area contributed by atoms with Gasteiger partial charge in [0.25, 0.3) is 0 Å². The van der Waals surface area contributed by atoms with Crippen LogP contribution in [0.3, 0.4) is 0 Å². The van der Waals surface area contributed by atoms with E-state index in [4.69, 9.17) is 10.2 Å². The first-order chi connectivity index (χ1) is 6.86. The first kappa shape index (κ1) is 10.7. The van der Waals surface area contributed by atoms with Crippen LogP contribution in [0.2, 0.25) is 0 Å². The Labute approximate surface area is 82.7 Å². The molecule has 0 fully saturated rings. The molecule has 0 atom stereocenters. The van der Waals surface area contributed by atoms with Crippen molar-refractivity contribution in [2.75, 3.05) is 0 Å². The lowest BCUT2D eigenvalue weighted by Crippen LogP contribution is -1.98. The van der Waals surface area contributed by atoms with Crippen LogP contribution in [-0.2, 0) is 0 Å². The maximum atomic E-state index is 10.5. The molecule has 0 amide bonds. The normalized spacial score (nSPS) is 9.93. The average Bonchev–Trinajstić information content (AvgIpc) is 1.99. The van der Waals surface area contributed by atoms with E-state index >= 15 is 0 Å². The van der Waals surface area contributed by atoms with Crippen LogP contribution in [0.1, 0.15) is 5.56 Å². The van der Waals surface area contributed by atoms with Crippen LogP contribution in [0, 0.1) is 27.2 Å². The lowest BCUT2D eigenvalue weighted by molar-refractivity contribution is -0.396. The van der Waals surface area contributed by atoms with Crippen molar-refractivity contribution in [3.63, 3.8) is 0 Å². The average molecular weight is 214 g/mol. The highest BCUT2D eigenvalue weighted by Gasteiger charge is 2.29. The Kier molecular flexibility index (Phi) is 2.43. The molecule has 15 heavy (non-hydrogen) atoms. The van der Waals surface area contributed by atoms with Crippen LogP contribution in [-0.4, -0.2) is 20.1 Å². The third kappa shape index (κ3) is 1.64. The second kappa shape index (κ2) is 3.40. The van der Waals surface area contributed by atoms with Crippen LogP contribution < -0.4 is 0 Å². The molecule has 0 spiro atoms. The number of benzene rings is 1. The van der Waals surface area contributed by atoms with Gasteiger partial charge < -0.3 is 10.2 Å². The zero-order valence-corrected chi connectivity index (χ0v) is 7.50. The van der Waals surface area contributed by atoms with Gasteiger partial charge in [-0.05, 0) is 6.92 Å². The highest BCUT2D eigenvalue weighted by atomic mass is 16.6. The fraction of sp³-hybridized carbons (Fsp3) is 0.143. The van der Waals surface area contributed by atoms with Gasteiger partial charge >= 0.3 is 11.4 Å². The smallest absolute Gasteiger partial charge is 0.320 e. The molecule has 1 aromatic rings. The summed E-state index contributed by atoms with van der Waals surface area (Å²) in [6.45, 7) is 1.08. The van der Waals surface area contributed by atoms with E-state index in [1.54, 1.807) is 0 Å². The van der Waals surface area contributed by atoms with Gasteiger partial charge in [0.1, 0.15) is 5.56 Å². The Morgan fingerprint density at radius 2 is 1.40 bits per heavy atom. The number of nitro benzene ring substituents is 2. The van der Waals surface area contributed by atoms with Gasteiger partial charge in [-0.15, -0.1) is 0 Å². The molecule has 0 aliphatic carbocycles. The molecule has 0 aliphatic heterocycles. The van der Waals surface area contributed by atoms with Gasteiger partial charge in [0.05, 0.1) is 9.85 Å². The minimum absolute atomic E-state index is 0.387. The van der Waals surface area contributed by atoms with Gasteiger partial charge in [-0.2, -0.15) is 0 Å². The molecule has 0 unspecified atom stereocenters. The highest BCUT2D eigenvalue weighted by molar-refractivity contribution is 5.66. The summed E-state index contributed by atoms with van der Waals surface area (Å²) in [5, 5.41) is 39.2. The number of nitro groups is 2. The molecule has 0 aromatic heterocycles.